The lowest BCUT2D eigenvalue weighted by molar-refractivity contribution is 0.585. The van der Waals surface area contributed by atoms with Crippen LogP contribution in [0.3, 0.4) is 0 Å². The molecule has 1 aliphatic heterocycles. The minimum Gasteiger partial charge on any atom is -0.352 e. The summed E-state index contributed by atoms with van der Waals surface area (Å²) in [6.45, 7) is 5.43. The Labute approximate surface area is 132 Å². The minimum absolute atomic E-state index is 0.148. The van der Waals surface area contributed by atoms with Gasteiger partial charge in [0.1, 0.15) is 5.52 Å². The fourth-order valence-electron chi connectivity index (χ4n) is 2.65. The average Bonchev–Trinajstić information content (AvgIpc) is 2.77. The number of nitrogens with zero attached hydrogens (tertiary/aromatic N) is 5. The van der Waals surface area contributed by atoms with E-state index in [1.54, 1.807) is 18.5 Å². The third-order valence-electron chi connectivity index (χ3n) is 3.76. The van der Waals surface area contributed by atoms with Crippen LogP contribution >= 0.6 is 11.6 Å². The van der Waals surface area contributed by atoms with Crippen molar-refractivity contribution in [3.8, 4) is 11.8 Å². The Bertz CT molecular complexity index is 822. The Hall–Kier alpha value is -2.04. The highest BCUT2D eigenvalue weighted by molar-refractivity contribution is 6.28. The van der Waals surface area contributed by atoms with Gasteiger partial charge in [-0.1, -0.05) is 5.92 Å². The lowest BCUT2D eigenvalue weighted by Gasteiger charge is -2.28. The maximum atomic E-state index is 12.5. The largest absolute Gasteiger partial charge is 0.352 e. The average molecular weight is 321 g/mol. The smallest absolute Gasteiger partial charge is 0.331 e. The number of hydrogen-bond acceptors (Lipinski definition) is 5. The van der Waals surface area contributed by atoms with Gasteiger partial charge in [0.25, 0.3) is 0 Å². The predicted octanol–water partition coefficient (Wildman–Crippen LogP) is 0.216. The summed E-state index contributed by atoms with van der Waals surface area (Å²) in [5.74, 6) is 6.46. The van der Waals surface area contributed by atoms with Crippen LogP contribution in [0.1, 0.15) is 6.92 Å². The van der Waals surface area contributed by atoms with E-state index in [1.807, 2.05) is 0 Å². The van der Waals surface area contributed by atoms with Gasteiger partial charge < -0.3 is 10.2 Å². The Morgan fingerprint density at radius 2 is 2.05 bits per heavy atom. The van der Waals surface area contributed by atoms with Crippen LogP contribution in [-0.4, -0.2) is 45.3 Å². The number of fused-ring (bicyclic) bond motifs is 1. The van der Waals surface area contributed by atoms with Crippen LogP contribution in [0.4, 0.5) is 5.82 Å². The first-order chi connectivity index (χ1) is 10.6. The first-order valence-corrected chi connectivity index (χ1v) is 7.49. The van der Waals surface area contributed by atoms with Crippen molar-refractivity contribution >= 4 is 28.6 Å². The third kappa shape index (κ3) is 2.45. The second kappa shape index (κ2) is 5.99. The van der Waals surface area contributed by atoms with Gasteiger partial charge in [-0.15, -0.1) is 5.92 Å². The fourth-order valence-corrected chi connectivity index (χ4v) is 2.81. The molecule has 0 aromatic carbocycles. The summed E-state index contributed by atoms with van der Waals surface area (Å²) in [4.78, 5) is 23.2. The van der Waals surface area contributed by atoms with E-state index in [0.29, 0.717) is 23.5 Å². The number of aryl methyl sites for hydroxylation is 1. The summed E-state index contributed by atoms with van der Waals surface area (Å²) in [5.41, 5.74) is 1.07. The number of imidazole rings is 1. The summed E-state index contributed by atoms with van der Waals surface area (Å²) < 4.78 is 3.10. The molecular formula is C14H17ClN6O. The van der Waals surface area contributed by atoms with Gasteiger partial charge >= 0.3 is 5.69 Å². The van der Waals surface area contributed by atoms with Gasteiger partial charge in [-0.2, -0.15) is 9.97 Å². The van der Waals surface area contributed by atoms with E-state index in [0.717, 1.165) is 26.2 Å². The molecule has 0 saturated carbocycles. The molecule has 1 fully saturated rings. The number of piperazine rings is 1. The molecule has 0 radical (unpaired) electrons. The van der Waals surface area contributed by atoms with Gasteiger partial charge in [0.2, 0.25) is 5.28 Å². The van der Waals surface area contributed by atoms with E-state index in [1.165, 1.54) is 4.57 Å². The molecule has 116 valence electrons. The second-order valence-electron chi connectivity index (χ2n) is 5.08. The van der Waals surface area contributed by atoms with Crippen molar-refractivity contribution in [3.63, 3.8) is 0 Å². The molecule has 1 aliphatic rings. The quantitative estimate of drug-likeness (QED) is 0.633. The van der Waals surface area contributed by atoms with E-state index < -0.39 is 0 Å². The highest BCUT2D eigenvalue weighted by atomic mass is 35.5. The molecule has 2 aromatic heterocycles. The molecule has 0 amide bonds. The van der Waals surface area contributed by atoms with E-state index in [2.05, 4.69) is 32.0 Å². The van der Waals surface area contributed by atoms with Gasteiger partial charge in [-0.05, 0) is 18.5 Å². The zero-order valence-corrected chi connectivity index (χ0v) is 13.3. The van der Waals surface area contributed by atoms with Crippen molar-refractivity contribution in [1.29, 1.82) is 0 Å². The van der Waals surface area contributed by atoms with E-state index in [4.69, 9.17) is 11.6 Å². The van der Waals surface area contributed by atoms with Crippen LogP contribution in [0.15, 0.2) is 4.79 Å². The second-order valence-corrected chi connectivity index (χ2v) is 5.42. The molecule has 7 nitrogen and oxygen atoms in total. The molecule has 3 rings (SSSR count). The van der Waals surface area contributed by atoms with Crippen molar-refractivity contribution in [2.24, 2.45) is 7.05 Å². The zero-order chi connectivity index (χ0) is 15.7. The highest BCUT2D eigenvalue weighted by Gasteiger charge is 2.22. The Morgan fingerprint density at radius 1 is 1.32 bits per heavy atom. The van der Waals surface area contributed by atoms with Crippen molar-refractivity contribution in [2.75, 3.05) is 31.1 Å². The predicted molar refractivity (Wildman–Crippen MR) is 86.3 cm³/mol. The fraction of sp³-hybridized carbons (Fsp3) is 0.500. The number of hydrogen-bond donors (Lipinski definition) is 1. The lowest BCUT2D eigenvalue weighted by Crippen LogP contribution is -2.44. The number of nitrogens with one attached hydrogen (secondary N) is 1. The molecule has 1 saturated heterocycles. The van der Waals surface area contributed by atoms with Crippen molar-refractivity contribution in [1.82, 2.24) is 24.4 Å². The molecule has 0 bridgehead atoms. The molecule has 8 heteroatoms. The molecule has 0 aliphatic carbocycles. The standard InChI is InChI=1S/C14H17ClN6O/c1-3-4-7-21-10-11(19(2)14(21)22)17-13(15)18-12(10)20-8-5-16-6-9-20/h16H,5-9H2,1-2H3. The number of aromatic nitrogens is 4. The van der Waals surface area contributed by atoms with E-state index >= 15 is 0 Å². The first-order valence-electron chi connectivity index (χ1n) is 7.11. The first kappa shape index (κ1) is 14.9. The van der Waals surface area contributed by atoms with Crippen LogP contribution in [0, 0.1) is 11.8 Å². The zero-order valence-electron chi connectivity index (χ0n) is 12.6. The van der Waals surface area contributed by atoms with Crippen molar-refractivity contribution in [2.45, 2.75) is 13.5 Å². The van der Waals surface area contributed by atoms with Gasteiger partial charge in [0.15, 0.2) is 11.5 Å². The van der Waals surface area contributed by atoms with Crippen LogP contribution in [-0.2, 0) is 13.6 Å². The summed E-state index contributed by atoms with van der Waals surface area (Å²) >= 11 is 6.06. The van der Waals surface area contributed by atoms with Crippen molar-refractivity contribution in [3.05, 3.63) is 15.8 Å². The Morgan fingerprint density at radius 3 is 2.73 bits per heavy atom. The maximum Gasteiger partial charge on any atom is 0.331 e. The highest BCUT2D eigenvalue weighted by Crippen LogP contribution is 2.25. The lowest BCUT2D eigenvalue weighted by atomic mass is 10.3. The molecule has 3 heterocycles. The number of anilines is 1. The molecule has 22 heavy (non-hydrogen) atoms. The third-order valence-corrected chi connectivity index (χ3v) is 3.92. The molecule has 0 atom stereocenters. The summed E-state index contributed by atoms with van der Waals surface area (Å²) in [7, 11) is 1.69. The molecule has 2 aromatic rings. The van der Waals surface area contributed by atoms with E-state index in [9.17, 15) is 4.79 Å². The van der Waals surface area contributed by atoms with Crippen LogP contribution < -0.4 is 15.9 Å². The Balaban J connectivity index is 2.27. The van der Waals surface area contributed by atoms with E-state index in [-0.39, 0.29) is 11.0 Å². The summed E-state index contributed by atoms with van der Waals surface area (Å²) in [6, 6.07) is 0. The monoisotopic (exact) mass is 320 g/mol. The SMILES string of the molecule is CC#CCn1c(=O)n(C)c2nc(Cl)nc(N3CCNCC3)c21. The van der Waals surface area contributed by atoms with Crippen LogP contribution in [0.5, 0.6) is 0 Å². The Kier molecular flexibility index (Phi) is 4.05. The van der Waals surface area contributed by atoms with Gasteiger partial charge in [-0.25, -0.2) is 4.79 Å². The summed E-state index contributed by atoms with van der Waals surface area (Å²) in [6.07, 6.45) is 0. The minimum atomic E-state index is -0.161. The van der Waals surface area contributed by atoms with Gasteiger partial charge in [0.05, 0.1) is 6.54 Å². The topological polar surface area (TPSA) is 68.0 Å². The number of rotatable bonds is 2. The van der Waals surface area contributed by atoms with Gasteiger partial charge in [0, 0.05) is 33.2 Å². The van der Waals surface area contributed by atoms with Crippen LogP contribution in [0.25, 0.3) is 11.2 Å². The molecule has 0 spiro atoms. The molecule has 0 unspecified atom stereocenters. The summed E-state index contributed by atoms with van der Waals surface area (Å²) in [5, 5.41) is 3.45. The normalized spacial score (nSPS) is 15.0. The molecular weight excluding hydrogens is 304 g/mol. The van der Waals surface area contributed by atoms with Crippen LogP contribution in [0.2, 0.25) is 5.28 Å². The number of halogens is 1. The van der Waals surface area contributed by atoms with Gasteiger partial charge in [-0.3, -0.25) is 9.13 Å². The van der Waals surface area contributed by atoms with Crippen molar-refractivity contribution < 1.29 is 0 Å². The maximum absolute atomic E-state index is 12.5. The molecule has 1 N–H and O–H groups in total.